The summed E-state index contributed by atoms with van der Waals surface area (Å²) < 4.78 is 2.18. The Bertz CT molecular complexity index is 1080. The van der Waals surface area contributed by atoms with Crippen molar-refractivity contribution in [1.82, 2.24) is 9.55 Å². The molecule has 2 aromatic heterocycles. The van der Waals surface area contributed by atoms with E-state index in [4.69, 9.17) is 5.73 Å². The van der Waals surface area contributed by atoms with Crippen molar-refractivity contribution in [3.8, 4) is 0 Å². The zero-order valence-electron chi connectivity index (χ0n) is 13.4. The van der Waals surface area contributed by atoms with E-state index in [2.05, 4.69) is 21.7 Å². The zero-order chi connectivity index (χ0) is 16.7. The Morgan fingerprint density at radius 3 is 2.79 bits per heavy atom. The highest BCUT2D eigenvalue weighted by molar-refractivity contribution is 5.97. The summed E-state index contributed by atoms with van der Waals surface area (Å²) in [7, 11) is 0. The summed E-state index contributed by atoms with van der Waals surface area (Å²) in [6, 6.07) is 17.9. The molecule has 0 aliphatic rings. The van der Waals surface area contributed by atoms with Crippen LogP contribution in [0.4, 0.5) is 0 Å². The fourth-order valence-corrected chi connectivity index (χ4v) is 3.20. The Kier molecular flexibility index (Phi) is 3.31. The molecule has 0 unspecified atom stereocenters. The number of hydrogen-bond acceptors (Lipinski definition) is 2. The molecular weight excluding hydrogens is 298 g/mol. The number of pyridine rings is 1. The van der Waals surface area contributed by atoms with Crippen LogP contribution in [0.5, 0.6) is 0 Å². The predicted molar refractivity (Wildman–Crippen MR) is 96.0 cm³/mol. The molecule has 4 nitrogen and oxygen atoms in total. The number of para-hydroxylation sites is 1. The van der Waals surface area contributed by atoms with Crippen LogP contribution in [-0.4, -0.2) is 15.5 Å². The molecule has 4 aromatic rings. The quantitative estimate of drug-likeness (QED) is 0.627. The van der Waals surface area contributed by atoms with E-state index in [-0.39, 0.29) is 0 Å². The normalized spacial score (nSPS) is 11.2. The minimum absolute atomic E-state index is 0.402. The first-order valence-electron chi connectivity index (χ1n) is 7.86. The lowest BCUT2D eigenvalue weighted by molar-refractivity contribution is 0.100. The van der Waals surface area contributed by atoms with Crippen molar-refractivity contribution >= 4 is 27.7 Å². The van der Waals surface area contributed by atoms with E-state index in [1.165, 1.54) is 10.9 Å². The molecule has 0 bridgehead atoms. The van der Waals surface area contributed by atoms with Gasteiger partial charge in [0.1, 0.15) is 0 Å². The summed E-state index contributed by atoms with van der Waals surface area (Å²) in [6.45, 7) is 2.77. The van der Waals surface area contributed by atoms with Gasteiger partial charge in [0, 0.05) is 40.3 Å². The maximum absolute atomic E-state index is 11.3. The van der Waals surface area contributed by atoms with E-state index < -0.39 is 5.91 Å². The highest BCUT2D eigenvalue weighted by atomic mass is 16.1. The molecule has 2 N–H and O–H groups in total. The summed E-state index contributed by atoms with van der Waals surface area (Å²) >= 11 is 0. The minimum atomic E-state index is -0.402. The van der Waals surface area contributed by atoms with Crippen LogP contribution in [0, 0.1) is 6.92 Å². The van der Waals surface area contributed by atoms with E-state index in [9.17, 15) is 4.79 Å². The first-order valence-corrected chi connectivity index (χ1v) is 7.86. The highest BCUT2D eigenvalue weighted by Gasteiger charge is 2.08. The molecule has 0 fully saturated rings. The molecule has 0 saturated carbocycles. The van der Waals surface area contributed by atoms with E-state index in [1.807, 2.05) is 49.5 Å². The molecule has 2 aromatic carbocycles. The molecule has 118 valence electrons. The van der Waals surface area contributed by atoms with Crippen molar-refractivity contribution in [3.63, 3.8) is 0 Å². The average molecular weight is 315 g/mol. The molecule has 0 spiro atoms. The Hall–Kier alpha value is -3.14. The number of aromatic nitrogens is 2. The van der Waals surface area contributed by atoms with Gasteiger partial charge in [-0.25, -0.2) is 0 Å². The number of carbonyl (C=O) groups excluding carboxylic acids is 1. The molecule has 24 heavy (non-hydrogen) atoms. The molecule has 0 saturated heterocycles. The fourth-order valence-electron chi connectivity index (χ4n) is 3.20. The van der Waals surface area contributed by atoms with Crippen molar-refractivity contribution in [3.05, 3.63) is 77.6 Å². The van der Waals surface area contributed by atoms with Gasteiger partial charge in [-0.2, -0.15) is 0 Å². The van der Waals surface area contributed by atoms with Crippen LogP contribution >= 0.6 is 0 Å². The summed E-state index contributed by atoms with van der Waals surface area (Å²) in [4.78, 5) is 15.9. The molecule has 0 radical (unpaired) electrons. The van der Waals surface area contributed by atoms with Gasteiger partial charge in [0.15, 0.2) is 0 Å². The second-order valence-electron chi connectivity index (χ2n) is 6.02. The van der Waals surface area contributed by atoms with Gasteiger partial charge in [0.05, 0.1) is 5.52 Å². The van der Waals surface area contributed by atoms with Crippen LogP contribution in [-0.2, 0) is 6.54 Å². The number of nitrogens with zero attached hydrogens (tertiary/aromatic N) is 2. The van der Waals surface area contributed by atoms with Gasteiger partial charge in [-0.05, 0) is 48.9 Å². The maximum atomic E-state index is 11.3. The smallest absolute Gasteiger partial charge is 0.248 e. The Morgan fingerprint density at radius 1 is 1.12 bits per heavy atom. The summed E-state index contributed by atoms with van der Waals surface area (Å²) in [5, 5.41) is 2.18. The lowest BCUT2D eigenvalue weighted by atomic mass is 10.1. The minimum Gasteiger partial charge on any atom is -0.366 e. The van der Waals surface area contributed by atoms with Gasteiger partial charge in [-0.3, -0.25) is 9.78 Å². The van der Waals surface area contributed by atoms with Crippen LogP contribution in [0.1, 0.15) is 21.6 Å². The van der Waals surface area contributed by atoms with Crippen LogP contribution < -0.4 is 5.73 Å². The van der Waals surface area contributed by atoms with Crippen LogP contribution in [0.25, 0.3) is 21.8 Å². The predicted octanol–water partition coefficient (Wildman–Crippen LogP) is 3.65. The van der Waals surface area contributed by atoms with Crippen molar-refractivity contribution in [2.45, 2.75) is 13.5 Å². The van der Waals surface area contributed by atoms with Gasteiger partial charge in [0.2, 0.25) is 5.91 Å². The number of fused-ring (bicyclic) bond motifs is 2. The molecule has 0 aliphatic carbocycles. The first kappa shape index (κ1) is 14.5. The SMILES string of the molecule is Cc1cc(Cn2ccc3cc(C(N)=O)ccc32)c2ccccc2n1. The molecular formula is C20H17N3O. The molecule has 2 heterocycles. The van der Waals surface area contributed by atoms with Crippen molar-refractivity contribution in [1.29, 1.82) is 0 Å². The topological polar surface area (TPSA) is 60.9 Å². The molecule has 0 atom stereocenters. The average Bonchev–Trinajstić information content (AvgIpc) is 2.97. The Labute approximate surface area is 139 Å². The van der Waals surface area contributed by atoms with E-state index >= 15 is 0 Å². The van der Waals surface area contributed by atoms with Crippen LogP contribution in [0.2, 0.25) is 0 Å². The highest BCUT2D eigenvalue weighted by Crippen LogP contribution is 2.23. The number of amides is 1. The summed E-state index contributed by atoms with van der Waals surface area (Å²) in [5.74, 6) is -0.402. The lowest BCUT2D eigenvalue weighted by Gasteiger charge is -2.10. The Morgan fingerprint density at radius 2 is 1.96 bits per heavy atom. The second-order valence-corrected chi connectivity index (χ2v) is 6.02. The van der Waals surface area contributed by atoms with Crippen LogP contribution in [0.3, 0.4) is 0 Å². The van der Waals surface area contributed by atoms with Gasteiger partial charge in [0.25, 0.3) is 0 Å². The maximum Gasteiger partial charge on any atom is 0.248 e. The molecule has 1 amide bonds. The monoisotopic (exact) mass is 315 g/mol. The van der Waals surface area contributed by atoms with Gasteiger partial charge in [-0.1, -0.05) is 18.2 Å². The third-order valence-electron chi connectivity index (χ3n) is 4.33. The number of rotatable bonds is 3. The van der Waals surface area contributed by atoms with Gasteiger partial charge in [-0.15, -0.1) is 0 Å². The molecule has 4 heteroatoms. The summed E-state index contributed by atoms with van der Waals surface area (Å²) in [5.41, 5.74) is 10.2. The third kappa shape index (κ3) is 2.42. The number of nitrogens with two attached hydrogens (primary N) is 1. The lowest BCUT2D eigenvalue weighted by Crippen LogP contribution is -2.10. The molecule has 4 rings (SSSR count). The number of primary amides is 1. The second kappa shape index (κ2) is 5.49. The molecule has 0 aliphatic heterocycles. The fraction of sp³-hybridized carbons (Fsp3) is 0.100. The van der Waals surface area contributed by atoms with E-state index in [1.54, 1.807) is 6.07 Å². The standard InChI is InChI=1S/C20H17N3O/c1-13-10-16(17-4-2-3-5-18(17)22-13)12-23-9-8-14-11-15(20(21)24)6-7-19(14)23/h2-11H,12H2,1H3,(H2,21,24). The number of carbonyl (C=O) groups is 1. The van der Waals surface area contributed by atoms with Gasteiger partial charge >= 0.3 is 0 Å². The van der Waals surface area contributed by atoms with Gasteiger partial charge < -0.3 is 10.3 Å². The number of aryl methyl sites for hydroxylation is 1. The van der Waals surface area contributed by atoms with Crippen molar-refractivity contribution < 1.29 is 4.79 Å². The summed E-state index contributed by atoms with van der Waals surface area (Å²) in [6.07, 6.45) is 2.04. The third-order valence-corrected chi connectivity index (χ3v) is 4.33. The number of hydrogen-bond donors (Lipinski definition) is 1. The van der Waals surface area contributed by atoms with E-state index in [0.29, 0.717) is 5.56 Å². The number of benzene rings is 2. The van der Waals surface area contributed by atoms with E-state index in [0.717, 1.165) is 28.7 Å². The first-order chi connectivity index (χ1) is 11.6. The Balaban J connectivity index is 1.81. The van der Waals surface area contributed by atoms with Crippen molar-refractivity contribution in [2.24, 2.45) is 5.73 Å². The van der Waals surface area contributed by atoms with Crippen molar-refractivity contribution in [2.75, 3.05) is 0 Å². The largest absolute Gasteiger partial charge is 0.366 e. The van der Waals surface area contributed by atoms with Crippen LogP contribution in [0.15, 0.2) is 60.8 Å². The zero-order valence-corrected chi connectivity index (χ0v) is 13.4.